The molecule has 0 aromatic carbocycles. The Morgan fingerprint density at radius 1 is 1.45 bits per heavy atom. The van der Waals surface area contributed by atoms with Gasteiger partial charge in [0.1, 0.15) is 17.4 Å². The number of aromatic nitrogens is 3. The van der Waals surface area contributed by atoms with Gasteiger partial charge in [0, 0.05) is 6.20 Å². The van der Waals surface area contributed by atoms with E-state index < -0.39 is 0 Å². The average Bonchev–Trinajstić information content (AvgIpc) is 2.35. The number of hydrogen-bond acceptors (Lipinski definition) is 4. The average molecular weight is 150 g/mol. The number of aromatic hydroxyl groups is 1. The van der Waals surface area contributed by atoms with Gasteiger partial charge in [-0.15, -0.1) is 0 Å². The SMILES string of the molecule is Nc1ncnc2c(O)c[nH]c12. The van der Waals surface area contributed by atoms with Crippen LogP contribution in [0.4, 0.5) is 5.82 Å². The zero-order chi connectivity index (χ0) is 7.84. The highest BCUT2D eigenvalue weighted by atomic mass is 16.3. The van der Waals surface area contributed by atoms with E-state index in [2.05, 4.69) is 15.0 Å². The molecule has 0 aliphatic rings. The summed E-state index contributed by atoms with van der Waals surface area (Å²) in [6.07, 6.45) is 2.74. The van der Waals surface area contributed by atoms with Crippen molar-refractivity contribution in [1.82, 2.24) is 15.0 Å². The van der Waals surface area contributed by atoms with Crippen LogP contribution in [-0.2, 0) is 0 Å². The number of aromatic amines is 1. The highest BCUT2D eigenvalue weighted by molar-refractivity contribution is 5.88. The van der Waals surface area contributed by atoms with Crippen LogP contribution in [0.25, 0.3) is 11.0 Å². The van der Waals surface area contributed by atoms with Crippen LogP contribution in [0.1, 0.15) is 0 Å². The van der Waals surface area contributed by atoms with Gasteiger partial charge < -0.3 is 15.8 Å². The summed E-state index contributed by atoms with van der Waals surface area (Å²) in [4.78, 5) is 10.3. The number of nitrogens with one attached hydrogen (secondary N) is 1. The zero-order valence-corrected chi connectivity index (χ0v) is 5.57. The second kappa shape index (κ2) is 1.85. The summed E-state index contributed by atoms with van der Waals surface area (Å²) in [6.45, 7) is 0. The van der Waals surface area contributed by atoms with Gasteiger partial charge >= 0.3 is 0 Å². The summed E-state index contributed by atoms with van der Waals surface area (Å²) in [5.41, 5.74) is 6.51. The monoisotopic (exact) mass is 150 g/mol. The van der Waals surface area contributed by atoms with Crippen molar-refractivity contribution in [1.29, 1.82) is 0 Å². The molecule has 5 heteroatoms. The van der Waals surface area contributed by atoms with E-state index in [9.17, 15) is 0 Å². The second-order valence-electron chi connectivity index (χ2n) is 2.16. The number of nitrogens with zero attached hydrogens (tertiary/aromatic N) is 2. The Balaban J connectivity index is 2.94. The van der Waals surface area contributed by atoms with Crippen molar-refractivity contribution in [3.8, 4) is 5.75 Å². The van der Waals surface area contributed by atoms with Gasteiger partial charge in [0.2, 0.25) is 0 Å². The van der Waals surface area contributed by atoms with Crippen molar-refractivity contribution in [3.05, 3.63) is 12.5 Å². The van der Waals surface area contributed by atoms with Crippen LogP contribution in [-0.4, -0.2) is 20.1 Å². The molecule has 0 bridgehead atoms. The van der Waals surface area contributed by atoms with Crippen LogP contribution in [0.3, 0.4) is 0 Å². The van der Waals surface area contributed by atoms with E-state index in [0.717, 1.165) is 0 Å². The predicted octanol–water partition coefficient (Wildman–Crippen LogP) is 0.246. The first kappa shape index (κ1) is 5.96. The zero-order valence-electron chi connectivity index (χ0n) is 5.57. The van der Waals surface area contributed by atoms with Gasteiger partial charge in [-0.2, -0.15) is 0 Å². The summed E-state index contributed by atoms with van der Waals surface area (Å²) in [5, 5.41) is 9.16. The Hall–Kier alpha value is -1.78. The smallest absolute Gasteiger partial charge is 0.159 e. The fourth-order valence-corrected chi connectivity index (χ4v) is 0.945. The maximum absolute atomic E-state index is 9.16. The maximum atomic E-state index is 9.16. The first-order valence-corrected chi connectivity index (χ1v) is 3.05. The quantitative estimate of drug-likeness (QED) is 0.502. The minimum absolute atomic E-state index is 0.0918. The van der Waals surface area contributed by atoms with Crippen LogP contribution in [0.15, 0.2) is 12.5 Å². The van der Waals surface area contributed by atoms with Crippen molar-refractivity contribution >= 4 is 16.9 Å². The predicted molar refractivity (Wildman–Crippen MR) is 40.0 cm³/mol. The number of fused-ring (bicyclic) bond motifs is 1. The van der Waals surface area contributed by atoms with Crippen molar-refractivity contribution in [3.63, 3.8) is 0 Å². The minimum Gasteiger partial charge on any atom is -0.504 e. The third-order valence-electron chi connectivity index (χ3n) is 1.47. The van der Waals surface area contributed by atoms with Crippen LogP contribution in [0, 0.1) is 0 Å². The fourth-order valence-electron chi connectivity index (χ4n) is 0.945. The lowest BCUT2D eigenvalue weighted by Crippen LogP contribution is -1.91. The largest absolute Gasteiger partial charge is 0.504 e. The number of nitrogens with two attached hydrogens (primary N) is 1. The van der Waals surface area contributed by atoms with Crippen molar-refractivity contribution < 1.29 is 5.11 Å². The van der Waals surface area contributed by atoms with Gasteiger partial charge in [-0.1, -0.05) is 0 Å². The van der Waals surface area contributed by atoms with Gasteiger partial charge in [0.25, 0.3) is 0 Å². The van der Waals surface area contributed by atoms with E-state index in [4.69, 9.17) is 10.8 Å². The molecule has 0 aliphatic heterocycles. The van der Waals surface area contributed by atoms with E-state index in [0.29, 0.717) is 16.9 Å². The molecule has 11 heavy (non-hydrogen) atoms. The molecule has 0 amide bonds. The van der Waals surface area contributed by atoms with Crippen molar-refractivity contribution in [2.24, 2.45) is 0 Å². The Kier molecular flexibility index (Phi) is 1.00. The number of nitrogen functional groups attached to an aromatic ring is 1. The second-order valence-corrected chi connectivity index (χ2v) is 2.16. The molecule has 0 radical (unpaired) electrons. The molecule has 0 saturated carbocycles. The Labute approximate surface area is 61.9 Å². The highest BCUT2D eigenvalue weighted by Gasteiger charge is 2.05. The van der Waals surface area contributed by atoms with Crippen LogP contribution < -0.4 is 5.73 Å². The molecule has 4 N–H and O–H groups in total. The lowest BCUT2D eigenvalue weighted by molar-refractivity contribution is 0.480. The van der Waals surface area contributed by atoms with E-state index in [1.165, 1.54) is 12.5 Å². The van der Waals surface area contributed by atoms with E-state index >= 15 is 0 Å². The lowest BCUT2D eigenvalue weighted by atomic mass is 10.4. The molecule has 0 atom stereocenters. The van der Waals surface area contributed by atoms with E-state index in [1.54, 1.807) is 0 Å². The number of rotatable bonds is 0. The standard InChI is InChI=1S/C6H6N4O/c7-6-5-4(9-2-10-6)3(11)1-8-5/h1-2,8,11H,(H2,7,9,10). The first-order valence-electron chi connectivity index (χ1n) is 3.05. The molecule has 0 fully saturated rings. The summed E-state index contributed by atoms with van der Waals surface area (Å²) in [7, 11) is 0. The number of hydrogen-bond donors (Lipinski definition) is 3. The number of H-pyrrole nitrogens is 1. The molecule has 0 unspecified atom stereocenters. The topological polar surface area (TPSA) is 87.8 Å². The summed E-state index contributed by atoms with van der Waals surface area (Å²) in [6, 6.07) is 0. The van der Waals surface area contributed by atoms with Gasteiger partial charge in [-0.3, -0.25) is 0 Å². The maximum Gasteiger partial charge on any atom is 0.159 e. The number of anilines is 1. The first-order chi connectivity index (χ1) is 5.29. The lowest BCUT2D eigenvalue weighted by Gasteiger charge is -1.91. The third kappa shape index (κ3) is 0.706. The van der Waals surface area contributed by atoms with E-state index in [1.807, 2.05) is 0 Å². The molecule has 2 aromatic rings. The van der Waals surface area contributed by atoms with Crippen molar-refractivity contribution in [2.45, 2.75) is 0 Å². The molecular formula is C6H6N4O. The molecule has 2 rings (SSSR count). The van der Waals surface area contributed by atoms with Crippen molar-refractivity contribution in [2.75, 3.05) is 5.73 Å². The van der Waals surface area contributed by atoms with Crippen LogP contribution in [0.5, 0.6) is 5.75 Å². The van der Waals surface area contributed by atoms with Gasteiger partial charge in [0.05, 0.1) is 0 Å². The van der Waals surface area contributed by atoms with Gasteiger partial charge in [0.15, 0.2) is 11.6 Å². The summed E-state index contributed by atoms with van der Waals surface area (Å²) >= 11 is 0. The molecule has 0 spiro atoms. The molecular weight excluding hydrogens is 144 g/mol. The van der Waals surface area contributed by atoms with Crippen LogP contribution in [0.2, 0.25) is 0 Å². The van der Waals surface area contributed by atoms with Gasteiger partial charge in [-0.25, -0.2) is 9.97 Å². The molecule has 0 aliphatic carbocycles. The summed E-state index contributed by atoms with van der Waals surface area (Å²) in [5.74, 6) is 0.435. The highest BCUT2D eigenvalue weighted by Crippen LogP contribution is 2.23. The Morgan fingerprint density at radius 2 is 2.27 bits per heavy atom. The Morgan fingerprint density at radius 3 is 3.00 bits per heavy atom. The van der Waals surface area contributed by atoms with Gasteiger partial charge in [-0.05, 0) is 0 Å². The molecule has 0 saturated heterocycles. The third-order valence-corrected chi connectivity index (χ3v) is 1.47. The normalized spacial score (nSPS) is 10.5. The fraction of sp³-hybridized carbons (Fsp3) is 0. The molecule has 2 heterocycles. The molecule has 56 valence electrons. The molecule has 5 nitrogen and oxygen atoms in total. The molecule has 2 aromatic heterocycles. The Bertz CT molecular complexity index is 394. The van der Waals surface area contributed by atoms with E-state index in [-0.39, 0.29) is 5.75 Å². The summed E-state index contributed by atoms with van der Waals surface area (Å²) < 4.78 is 0. The van der Waals surface area contributed by atoms with Crippen LogP contribution >= 0.6 is 0 Å². The minimum atomic E-state index is 0.0918.